The number of H-pyrrole nitrogens is 1. The SMILES string of the molecule is CC(C)(O)c1ncc(-c2ccc(Br)s2)[nH]1. The Balaban J connectivity index is 2.36. The van der Waals surface area contributed by atoms with E-state index in [9.17, 15) is 5.11 Å². The number of thiophene rings is 1. The van der Waals surface area contributed by atoms with Gasteiger partial charge in [-0.3, -0.25) is 0 Å². The summed E-state index contributed by atoms with van der Waals surface area (Å²) >= 11 is 5.04. The quantitative estimate of drug-likeness (QED) is 0.891. The number of aromatic nitrogens is 2. The van der Waals surface area contributed by atoms with Crippen LogP contribution in [-0.4, -0.2) is 15.1 Å². The zero-order valence-electron chi connectivity index (χ0n) is 8.41. The number of rotatable bonds is 2. The van der Waals surface area contributed by atoms with Crippen molar-refractivity contribution in [1.82, 2.24) is 9.97 Å². The normalized spacial score (nSPS) is 12.0. The topological polar surface area (TPSA) is 48.9 Å². The van der Waals surface area contributed by atoms with Gasteiger partial charge in [0.2, 0.25) is 0 Å². The lowest BCUT2D eigenvalue weighted by Gasteiger charge is -2.12. The lowest BCUT2D eigenvalue weighted by molar-refractivity contribution is 0.0697. The van der Waals surface area contributed by atoms with Gasteiger partial charge >= 0.3 is 0 Å². The molecule has 0 bridgehead atoms. The molecule has 0 saturated heterocycles. The molecule has 80 valence electrons. The number of nitrogens with zero attached hydrogens (tertiary/aromatic N) is 1. The van der Waals surface area contributed by atoms with Crippen molar-refractivity contribution in [1.29, 1.82) is 0 Å². The molecule has 0 aliphatic rings. The fourth-order valence-electron chi connectivity index (χ4n) is 1.22. The fraction of sp³-hybridized carbons (Fsp3) is 0.300. The number of aromatic amines is 1. The molecule has 2 heterocycles. The highest BCUT2D eigenvalue weighted by Crippen LogP contribution is 2.31. The summed E-state index contributed by atoms with van der Waals surface area (Å²) in [5.74, 6) is 0.585. The lowest BCUT2D eigenvalue weighted by atomic mass is 10.1. The summed E-state index contributed by atoms with van der Waals surface area (Å²) in [6.07, 6.45) is 1.74. The summed E-state index contributed by atoms with van der Waals surface area (Å²) in [4.78, 5) is 8.37. The first kappa shape index (κ1) is 10.9. The number of aliphatic hydroxyl groups is 1. The van der Waals surface area contributed by atoms with Crippen molar-refractivity contribution in [3.8, 4) is 10.6 Å². The summed E-state index contributed by atoms with van der Waals surface area (Å²) in [5, 5.41) is 9.75. The molecular formula is C10H11BrN2OS. The minimum atomic E-state index is -0.924. The minimum Gasteiger partial charge on any atom is -0.383 e. The molecule has 3 nitrogen and oxygen atoms in total. The summed E-state index contributed by atoms with van der Waals surface area (Å²) in [6.45, 7) is 3.42. The molecule has 0 fully saturated rings. The van der Waals surface area contributed by atoms with Crippen molar-refractivity contribution >= 4 is 27.3 Å². The molecule has 5 heteroatoms. The van der Waals surface area contributed by atoms with E-state index in [1.807, 2.05) is 12.1 Å². The van der Waals surface area contributed by atoms with Gasteiger partial charge in [0.05, 0.1) is 20.6 Å². The van der Waals surface area contributed by atoms with E-state index in [-0.39, 0.29) is 0 Å². The molecule has 0 aliphatic heterocycles. The van der Waals surface area contributed by atoms with Crippen LogP contribution in [0.4, 0.5) is 0 Å². The van der Waals surface area contributed by atoms with Gasteiger partial charge in [0.15, 0.2) is 0 Å². The van der Waals surface area contributed by atoms with E-state index in [1.54, 1.807) is 31.4 Å². The van der Waals surface area contributed by atoms with Crippen molar-refractivity contribution in [2.24, 2.45) is 0 Å². The number of halogens is 1. The standard InChI is InChI=1S/C10H11BrN2OS/c1-10(2,14)9-12-5-6(13-9)7-3-4-8(11)15-7/h3-5,14H,1-2H3,(H,12,13). The Kier molecular flexibility index (Phi) is 2.70. The van der Waals surface area contributed by atoms with E-state index in [2.05, 4.69) is 25.9 Å². The molecule has 2 N–H and O–H groups in total. The number of imidazole rings is 1. The Morgan fingerprint density at radius 3 is 2.67 bits per heavy atom. The first-order chi connectivity index (χ1) is 6.97. The van der Waals surface area contributed by atoms with Crippen LogP contribution in [0.1, 0.15) is 19.7 Å². The van der Waals surface area contributed by atoms with Crippen LogP contribution in [0, 0.1) is 0 Å². The average Bonchev–Trinajstić information content (AvgIpc) is 2.69. The molecule has 0 aliphatic carbocycles. The van der Waals surface area contributed by atoms with Crippen LogP contribution < -0.4 is 0 Å². The molecule has 0 aromatic carbocycles. The second-order valence-corrected chi connectivity index (χ2v) is 6.27. The Labute approximate surface area is 100 Å². The highest BCUT2D eigenvalue weighted by atomic mass is 79.9. The van der Waals surface area contributed by atoms with Crippen molar-refractivity contribution in [3.05, 3.63) is 27.9 Å². The molecule has 2 aromatic rings. The second-order valence-electron chi connectivity index (χ2n) is 3.81. The first-order valence-electron chi connectivity index (χ1n) is 4.50. The summed E-state index contributed by atoms with van der Waals surface area (Å²) in [6, 6.07) is 4.00. The van der Waals surface area contributed by atoms with Gasteiger partial charge in [0.25, 0.3) is 0 Å². The summed E-state index contributed by atoms with van der Waals surface area (Å²) < 4.78 is 1.08. The van der Waals surface area contributed by atoms with Gasteiger partial charge in [-0.25, -0.2) is 4.98 Å². The van der Waals surface area contributed by atoms with Gasteiger partial charge in [-0.1, -0.05) is 0 Å². The molecular weight excluding hydrogens is 276 g/mol. The van der Waals surface area contributed by atoms with E-state index in [4.69, 9.17) is 0 Å². The average molecular weight is 287 g/mol. The maximum absolute atomic E-state index is 9.75. The van der Waals surface area contributed by atoms with Gasteiger partial charge in [-0.2, -0.15) is 0 Å². The second kappa shape index (κ2) is 3.73. The summed E-state index contributed by atoms with van der Waals surface area (Å²) in [5.41, 5.74) is 0.00930. The van der Waals surface area contributed by atoms with Gasteiger partial charge < -0.3 is 10.1 Å². The highest BCUT2D eigenvalue weighted by Gasteiger charge is 2.20. The van der Waals surface area contributed by atoms with E-state index < -0.39 is 5.60 Å². The molecule has 15 heavy (non-hydrogen) atoms. The van der Waals surface area contributed by atoms with Gasteiger partial charge in [0, 0.05) is 0 Å². The molecule has 0 amide bonds. The highest BCUT2D eigenvalue weighted by molar-refractivity contribution is 9.11. The van der Waals surface area contributed by atoms with Crippen LogP contribution in [-0.2, 0) is 5.60 Å². The van der Waals surface area contributed by atoms with E-state index >= 15 is 0 Å². The molecule has 0 atom stereocenters. The third-order valence-corrected chi connectivity index (χ3v) is 3.65. The van der Waals surface area contributed by atoms with E-state index in [0.717, 1.165) is 14.4 Å². The zero-order valence-corrected chi connectivity index (χ0v) is 10.8. The Bertz CT molecular complexity index is 470. The Hall–Kier alpha value is -0.650. The van der Waals surface area contributed by atoms with Crippen LogP contribution in [0.15, 0.2) is 22.1 Å². The van der Waals surface area contributed by atoms with Crippen LogP contribution >= 0.6 is 27.3 Å². The minimum absolute atomic E-state index is 0.585. The number of hydrogen-bond donors (Lipinski definition) is 2. The zero-order chi connectivity index (χ0) is 11.1. The third kappa shape index (κ3) is 2.30. The predicted octanol–water partition coefficient (Wildman–Crippen LogP) is 3.13. The monoisotopic (exact) mass is 286 g/mol. The molecule has 0 saturated carbocycles. The molecule has 0 unspecified atom stereocenters. The number of nitrogens with one attached hydrogen (secondary N) is 1. The maximum atomic E-state index is 9.75. The maximum Gasteiger partial charge on any atom is 0.138 e. The van der Waals surface area contributed by atoms with E-state index in [0.29, 0.717) is 5.82 Å². The van der Waals surface area contributed by atoms with E-state index in [1.165, 1.54) is 0 Å². The van der Waals surface area contributed by atoms with Gasteiger partial charge in [0.1, 0.15) is 11.4 Å². The Morgan fingerprint density at radius 2 is 2.20 bits per heavy atom. The van der Waals surface area contributed by atoms with Crippen molar-refractivity contribution < 1.29 is 5.11 Å². The molecule has 2 aromatic heterocycles. The summed E-state index contributed by atoms with van der Waals surface area (Å²) in [7, 11) is 0. The smallest absolute Gasteiger partial charge is 0.138 e. The van der Waals surface area contributed by atoms with Crippen LogP contribution in [0.3, 0.4) is 0 Å². The van der Waals surface area contributed by atoms with Gasteiger partial charge in [-0.15, -0.1) is 11.3 Å². The predicted molar refractivity (Wildman–Crippen MR) is 64.8 cm³/mol. The third-order valence-electron chi connectivity index (χ3n) is 1.99. The fourth-order valence-corrected chi connectivity index (χ4v) is 2.57. The molecule has 0 spiro atoms. The van der Waals surface area contributed by atoms with Crippen molar-refractivity contribution in [2.75, 3.05) is 0 Å². The first-order valence-corrected chi connectivity index (χ1v) is 6.11. The molecule has 0 radical (unpaired) electrons. The van der Waals surface area contributed by atoms with Crippen LogP contribution in [0.25, 0.3) is 10.6 Å². The van der Waals surface area contributed by atoms with Gasteiger partial charge in [-0.05, 0) is 41.9 Å². The van der Waals surface area contributed by atoms with Crippen molar-refractivity contribution in [3.63, 3.8) is 0 Å². The lowest BCUT2D eigenvalue weighted by Crippen LogP contribution is -2.17. The van der Waals surface area contributed by atoms with Crippen molar-refractivity contribution in [2.45, 2.75) is 19.4 Å². The Morgan fingerprint density at radius 1 is 1.47 bits per heavy atom. The largest absolute Gasteiger partial charge is 0.383 e. The number of hydrogen-bond acceptors (Lipinski definition) is 3. The van der Waals surface area contributed by atoms with Crippen LogP contribution in [0.5, 0.6) is 0 Å². The van der Waals surface area contributed by atoms with Crippen LogP contribution in [0.2, 0.25) is 0 Å². The molecule has 2 rings (SSSR count).